The van der Waals surface area contributed by atoms with E-state index in [0.29, 0.717) is 17.9 Å². The lowest BCUT2D eigenvalue weighted by Crippen LogP contribution is -2.03. The third-order valence-electron chi connectivity index (χ3n) is 2.98. The molecule has 5 heteroatoms. The molecule has 102 valence electrons. The largest absolute Gasteiger partial charge is 0.493 e. The van der Waals surface area contributed by atoms with E-state index in [1.54, 1.807) is 24.7 Å². The van der Waals surface area contributed by atoms with Crippen LogP contribution in [0.4, 0.5) is 0 Å². The maximum atomic E-state index is 11.2. The molecule has 0 radical (unpaired) electrons. The molecule has 0 atom stereocenters. The zero-order valence-corrected chi connectivity index (χ0v) is 10.9. The van der Waals surface area contributed by atoms with Gasteiger partial charge in [0.05, 0.1) is 12.9 Å². The van der Waals surface area contributed by atoms with Gasteiger partial charge in [0.25, 0.3) is 0 Å². The molecule has 0 bridgehead atoms. The lowest BCUT2D eigenvalue weighted by atomic mass is 10.2. The minimum atomic E-state index is -0.352. The van der Waals surface area contributed by atoms with E-state index in [4.69, 9.17) is 9.15 Å². The molecule has 2 heterocycles. The van der Waals surface area contributed by atoms with Gasteiger partial charge < -0.3 is 13.7 Å². The van der Waals surface area contributed by atoms with Gasteiger partial charge in [-0.2, -0.15) is 0 Å². The standard InChI is InChI=1S/C15H14N2O3/c18-15-5-3-12-2-4-13(10-14(12)20-15)19-9-1-7-17-8-6-16-11-17/h2-6,8,10-11H,1,7,9H2. The van der Waals surface area contributed by atoms with E-state index >= 15 is 0 Å². The Morgan fingerprint density at radius 1 is 1.25 bits per heavy atom. The van der Waals surface area contributed by atoms with Crippen LogP contribution in [0.5, 0.6) is 5.75 Å². The molecule has 0 aliphatic heterocycles. The Morgan fingerprint density at radius 3 is 3.00 bits per heavy atom. The fourth-order valence-corrected chi connectivity index (χ4v) is 1.99. The predicted molar refractivity (Wildman–Crippen MR) is 74.8 cm³/mol. The summed E-state index contributed by atoms with van der Waals surface area (Å²) in [5.74, 6) is 0.706. The number of hydrogen-bond acceptors (Lipinski definition) is 4. The molecule has 1 aromatic carbocycles. The van der Waals surface area contributed by atoms with Gasteiger partial charge in [0, 0.05) is 36.5 Å². The van der Waals surface area contributed by atoms with Gasteiger partial charge >= 0.3 is 5.63 Å². The summed E-state index contributed by atoms with van der Waals surface area (Å²) in [4.78, 5) is 15.2. The van der Waals surface area contributed by atoms with Gasteiger partial charge in [0.1, 0.15) is 11.3 Å². The summed E-state index contributed by atoms with van der Waals surface area (Å²) >= 11 is 0. The van der Waals surface area contributed by atoms with Gasteiger partial charge in [-0.15, -0.1) is 0 Å². The van der Waals surface area contributed by atoms with E-state index in [9.17, 15) is 4.79 Å². The molecule has 0 fully saturated rings. The van der Waals surface area contributed by atoms with Crippen LogP contribution in [0.2, 0.25) is 0 Å². The Balaban J connectivity index is 1.61. The van der Waals surface area contributed by atoms with E-state index in [0.717, 1.165) is 18.4 Å². The van der Waals surface area contributed by atoms with Crippen LogP contribution in [0.15, 0.2) is 58.3 Å². The van der Waals surface area contributed by atoms with Crippen LogP contribution in [-0.4, -0.2) is 16.2 Å². The molecule has 3 rings (SSSR count). The van der Waals surface area contributed by atoms with Crippen molar-refractivity contribution in [3.8, 4) is 5.75 Å². The molecule has 0 aliphatic rings. The number of imidazole rings is 1. The van der Waals surface area contributed by atoms with Crippen LogP contribution in [-0.2, 0) is 6.54 Å². The summed E-state index contributed by atoms with van der Waals surface area (Å²) in [5.41, 5.74) is 0.194. The van der Waals surface area contributed by atoms with Crippen molar-refractivity contribution in [2.45, 2.75) is 13.0 Å². The summed E-state index contributed by atoms with van der Waals surface area (Å²) in [5, 5.41) is 0.885. The van der Waals surface area contributed by atoms with Gasteiger partial charge in [0.15, 0.2) is 0 Å². The molecule has 20 heavy (non-hydrogen) atoms. The smallest absolute Gasteiger partial charge is 0.336 e. The van der Waals surface area contributed by atoms with Crippen LogP contribution < -0.4 is 10.4 Å². The second-order valence-electron chi connectivity index (χ2n) is 4.46. The first kappa shape index (κ1) is 12.5. The molecule has 0 spiro atoms. The first-order chi connectivity index (χ1) is 9.81. The van der Waals surface area contributed by atoms with Gasteiger partial charge in [-0.1, -0.05) is 0 Å². The third kappa shape index (κ3) is 2.88. The highest BCUT2D eigenvalue weighted by molar-refractivity contribution is 5.77. The molecule has 3 aromatic rings. The Bertz CT molecular complexity index is 747. The maximum Gasteiger partial charge on any atom is 0.336 e. The van der Waals surface area contributed by atoms with Gasteiger partial charge in [-0.05, 0) is 24.6 Å². The van der Waals surface area contributed by atoms with Crippen LogP contribution in [0, 0.1) is 0 Å². The Kier molecular flexibility index (Phi) is 3.50. The SMILES string of the molecule is O=c1ccc2ccc(OCCCn3ccnc3)cc2o1. The number of benzene rings is 1. The molecule has 0 saturated carbocycles. The molecule has 0 amide bonds. The van der Waals surface area contributed by atoms with E-state index in [1.807, 2.05) is 22.9 Å². The van der Waals surface area contributed by atoms with E-state index in [-0.39, 0.29) is 5.63 Å². The maximum absolute atomic E-state index is 11.2. The van der Waals surface area contributed by atoms with Crippen molar-refractivity contribution in [2.75, 3.05) is 6.61 Å². The average Bonchev–Trinajstić information content (AvgIpc) is 2.96. The summed E-state index contributed by atoms with van der Waals surface area (Å²) in [7, 11) is 0. The second kappa shape index (κ2) is 5.61. The lowest BCUT2D eigenvalue weighted by molar-refractivity contribution is 0.301. The van der Waals surface area contributed by atoms with Crippen molar-refractivity contribution in [3.05, 3.63) is 59.5 Å². The summed E-state index contributed by atoms with van der Waals surface area (Å²) in [6.07, 6.45) is 6.34. The molecule has 5 nitrogen and oxygen atoms in total. The first-order valence-corrected chi connectivity index (χ1v) is 6.44. The molecule has 0 N–H and O–H groups in total. The zero-order valence-electron chi connectivity index (χ0n) is 10.9. The second-order valence-corrected chi connectivity index (χ2v) is 4.46. The molecular weight excluding hydrogens is 256 g/mol. The van der Waals surface area contributed by atoms with Crippen LogP contribution in [0.25, 0.3) is 11.0 Å². The summed E-state index contributed by atoms with van der Waals surface area (Å²) in [6, 6.07) is 8.65. The van der Waals surface area contributed by atoms with Crippen molar-refractivity contribution in [1.29, 1.82) is 0 Å². The number of aryl methyl sites for hydroxylation is 1. The first-order valence-electron chi connectivity index (χ1n) is 6.44. The average molecular weight is 270 g/mol. The summed E-state index contributed by atoms with van der Waals surface area (Å²) in [6.45, 7) is 1.46. The van der Waals surface area contributed by atoms with Crippen molar-refractivity contribution in [3.63, 3.8) is 0 Å². The third-order valence-corrected chi connectivity index (χ3v) is 2.98. The van der Waals surface area contributed by atoms with E-state index < -0.39 is 0 Å². The van der Waals surface area contributed by atoms with Crippen molar-refractivity contribution in [2.24, 2.45) is 0 Å². The molecule has 0 saturated heterocycles. The quantitative estimate of drug-likeness (QED) is 0.528. The monoisotopic (exact) mass is 270 g/mol. The fourth-order valence-electron chi connectivity index (χ4n) is 1.99. The van der Waals surface area contributed by atoms with E-state index in [2.05, 4.69) is 4.98 Å². The molecule has 0 aliphatic carbocycles. The minimum absolute atomic E-state index is 0.352. The predicted octanol–water partition coefficient (Wildman–Crippen LogP) is 2.46. The van der Waals surface area contributed by atoms with Crippen LogP contribution >= 0.6 is 0 Å². The van der Waals surface area contributed by atoms with Crippen LogP contribution in [0.3, 0.4) is 0 Å². The number of aromatic nitrogens is 2. The van der Waals surface area contributed by atoms with Crippen molar-refractivity contribution >= 4 is 11.0 Å². The molecular formula is C15H14N2O3. The highest BCUT2D eigenvalue weighted by Crippen LogP contribution is 2.19. The Morgan fingerprint density at radius 2 is 2.15 bits per heavy atom. The molecule has 2 aromatic heterocycles. The highest BCUT2D eigenvalue weighted by atomic mass is 16.5. The number of ether oxygens (including phenoxy) is 1. The summed E-state index contributed by atoms with van der Waals surface area (Å²) < 4.78 is 12.8. The Hall–Kier alpha value is -2.56. The highest BCUT2D eigenvalue weighted by Gasteiger charge is 2.00. The normalized spacial score (nSPS) is 10.8. The van der Waals surface area contributed by atoms with Crippen LogP contribution in [0.1, 0.15) is 6.42 Å². The Labute approximate surface area is 115 Å². The number of rotatable bonds is 5. The van der Waals surface area contributed by atoms with E-state index in [1.165, 1.54) is 6.07 Å². The number of hydrogen-bond donors (Lipinski definition) is 0. The number of nitrogens with zero attached hydrogens (tertiary/aromatic N) is 2. The molecule has 0 unspecified atom stereocenters. The van der Waals surface area contributed by atoms with Gasteiger partial charge in [-0.3, -0.25) is 0 Å². The van der Waals surface area contributed by atoms with Gasteiger partial charge in [-0.25, -0.2) is 9.78 Å². The van der Waals surface area contributed by atoms with Gasteiger partial charge in [0.2, 0.25) is 0 Å². The number of fused-ring (bicyclic) bond motifs is 1. The fraction of sp³-hybridized carbons (Fsp3) is 0.200. The zero-order chi connectivity index (χ0) is 13.8. The lowest BCUT2D eigenvalue weighted by Gasteiger charge is -2.07. The topological polar surface area (TPSA) is 57.3 Å². The minimum Gasteiger partial charge on any atom is -0.493 e. The van der Waals surface area contributed by atoms with Crippen molar-refractivity contribution in [1.82, 2.24) is 9.55 Å². The van der Waals surface area contributed by atoms with Crippen molar-refractivity contribution < 1.29 is 9.15 Å².